The zero-order valence-corrected chi connectivity index (χ0v) is 12.5. The van der Waals surface area contributed by atoms with Crippen LogP contribution in [0.1, 0.15) is 28.0 Å². The first-order valence-electron chi connectivity index (χ1n) is 6.63. The molecule has 2 N–H and O–H groups in total. The SMILES string of the molecule is CNC(C)CNC(=O)c1csc(Cc2ccccc2)n1. The van der Waals surface area contributed by atoms with Crippen LogP contribution in [0.5, 0.6) is 0 Å². The zero-order chi connectivity index (χ0) is 14.4. The third-order valence-corrected chi connectivity index (χ3v) is 3.89. The van der Waals surface area contributed by atoms with Crippen molar-refractivity contribution in [3.05, 3.63) is 52.0 Å². The number of hydrogen-bond donors (Lipinski definition) is 2. The third-order valence-electron chi connectivity index (χ3n) is 3.04. The first kappa shape index (κ1) is 14.7. The lowest BCUT2D eigenvalue weighted by atomic mass is 10.2. The summed E-state index contributed by atoms with van der Waals surface area (Å²) >= 11 is 1.53. The minimum absolute atomic E-state index is 0.109. The van der Waals surface area contributed by atoms with Gasteiger partial charge in [-0.25, -0.2) is 4.98 Å². The van der Waals surface area contributed by atoms with E-state index in [2.05, 4.69) is 27.8 Å². The van der Waals surface area contributed by atoms with Crippen molar-refractivity contribution in [1.29, 1.82) is 0 Å². The normalized spacial score (nSPS) is 12.1. The molecule has 2 aromatic rings. The Kier molecular flexibility index (Phi) is 5.26. The van der Waals surface area contributed by atoms with Crippen LogP contribution in [0.25, 0.3) is 0 Å². The van der Waals surface area contributed by atoms with E-state index in [1.807, 2.05) is 37.6 Å². The van der Waals surface area contributed by atoms with Crippen LogP contribution in [0.2, 0.25) is 0 Å². The average Bonchev–Trinajstić information content (AvgIpc) is 2.94. The summed E-state index contributed by atoms with van der Waals surface area (Å²) in [5, 5.41) is 8.72. The Morgan fingerprint density at radius 1 is 1.35 bits per heavy atom. The molecule has 5 heteroatoms. The third kappa shape index (κ3) is 4.15. The molecular weight excluding hydrogens is 270 g/mol. The summed E-state index contributed by atoms with van der Waals surface area (Å²) in [5.74, 6) is -0.109. The van der Waals surface area contributed by atoms with Crippen LogP contribution in [-0.4, -0.2) is 30.5 Å². The standard InChI is InChI=1S/C15H19N3OS/c1-11(16-2)9-17-15(19)13-10-20-14(18-13)8-12-6-4-3-5-7-12/h3-7,10-11,16H,8-9H2,1-2H3,(H,17,19). The fourth-order valence-electron chi connectivity index (χ4n) is 1.71. The molecule has 0 saturated heterocycles. The number of carbonyl (C=O) groups is 1. The average molecular weight is 289 g/mol. The Labute approximate surface area is 123 Å². The van der Waals surface area contributed by atoms with Gasteiger partial charge in [0, 0.05) is 24.4 Å². The highest BCUT2D eigenvalue weighted by atomic mass is 32.1. The van der Waals surface area contributed by atoms with Crippen molar-refractivity contribution in [3.8, 4) is 0 Å². The first-order valence-corrected chi connectivity index (χ1v) is 7.51. The van der Waals surface area contributed by atoms with Crippen LogP contribution < -0.4 is 10.6 Å². The van der Waals surface area contributed by atoms with E-state index in [0.29, 0.717) is 12.2 Å². The Morgan fingerprint density at radius 3 is 2.80 bits per heavy atom. The lowest BCUT2D eigenvalue weighted by Crippen LogP contribution is -2.37. The molecular formula is C15H19N3OS. The Bertz CT molecular complexity index is 553. The molecule has 1 amide bonds. The number of nitrogens with zero attached hydrogens (tertiary/aromatic N) is 1. The number of carbonyl (C=O) groups excluding carboxylic acids is 1. The van der Waals surface area contributed by atoms with Gasteiger partial charge in [-0.3, -0.25) is 4.79 Å². The van der Waals surface area contributed by atoms with Crippen LogP contribution >= 0.6 is 11.3 Å². The molecule has 1 heterocycles. The molecule has 0 radical (unpaired) electrons. The Hall–Kier alpha value is -1.72. The number of benzene rings is 1. The molecule has 0 saturated carbocycles. The highest BCUT2D eigenvalue weighted by molar-refractivity contribution is 7.09. The fraction of sp³-hybridized carbons (Fsp3) is 0.333. The van der Waals surface area contributed by atoms with E-state index in [-0.39, 0.29) is 11.9 Å². The van der Waals surface area contributed by atoms with Gasteiger partial charge in [-0.1, -0.05) is 30.3 Å². The summed E-state index contributed by atoms with van der Waals surface area (Å²) in [6, 6.07) is 10.4. The van der Waals surface area contributed by atoms with Crippen LogP contribution in [0.4, 0.5) is 0 Å². The summed E-state index contributed by atoms with van der Waals surface area (Å²) in [4.78, 5) is 16.3. The number of likely N-dealkylation sites (N-methyl/N-ethyl adjacent to an activating group) is 1. The molecule has 0 aliphatic carbocycles. The minimum Gasteiger partial charge on any atom is -0.349 e. The van der Waals surface area contributed by atoms with E-state index in [1.54, 1.807) is 0 Å². The van der Waals surface area contributed by atoms with Gasteiger partial charge < -0.3 is 10.6 Å². The number of nitrogens with one attached hydrogen (secondary N) is 2. The molecule has 1 aromatic carbocycles. The first-order chi connectivity index (χ1) is 9.69. The number of aromatic nitrogens is 1. The van der Waals surface area contributed by atoms with Crippen molar-refractivity contribution in [2.45, 2.75) is 19.4 Å². The van der Waals surface area contributed by atoms with Gasteiger partial charge in [-0.15, -0.1) is 11.3 Å². The molecule has 0 spiro atoms. The Morgan fingerprint density at radius 2 is 2.10 bits per heavy atom. The summed E-state index contributed by atoms with van der Waals surface area (Å²) in [6.07, 6.45) is 0.770. The maximum atomic E-state index is 11.9. The summed E-state index contributed by atoms with van der Waals surface area (Å²) in [5.41, 5.74) is 1.71. The molecule has 106 valence electrons. The molecule has 1 unspecified atom stereocenters. The van der Waals surface area contributed by atoms with Crippen LogP contribution in [0.15, 0.2) is 35.7 Å². The van der Waals surface area contributed by atoms with Crippen molar-refractivity contribution < 1.29 is 4.79 Å². The van der Waals surface area contributed by atoms with E-state index in [4.69, 9.17) is 0 Å². The van der Waals surface area contributed by atoms with Crippen LogP contribution in [0, 0.1) is 0 Å². The molecule has 1 aromatic heterocycles. The number of thiazole rings is 1. The second kappa shape index (κ2) is 7.17. The molecule has 0 aliphatic heterocycles. The summed E-state index contributed by atoms with van der Waals surface area (Å²) in [7, 11) is 1.87. The molecule has 20 heavy (non-hydrogen) atoms. The van der Waals surface area contributed by atoms with E-state index in [9.17, 15) is 4.79 Å². The van der Waals surface area contributed by atoms with Gasteiger partial charge in [0.25, 0.3) is 5.91 Å². The van der Waals surface area contributed by atoms with Gasteiger partial charge in [0.1, 0.15) is 5.69 Å². The lowest BCUT2D eigenvalue weighted by molar-refractivity contribution is 0.0946. The van der Waals surface area contributed by atoms with Gasteiger partial charge >= 0.3 is 0 Å². The second-order valence-electron chi connectivity index (χ2n) is 4.69. The van der Waals surface area contributed by atoms with E-state index in [0.717, 1.165) is 11.4 Å². The van der Waals surface area contributed by atoms with Crippen molar-refractivity contribution in [3.63, 3.8) is 0 Å². The van der Waals surface area contributed by atoms with Crippen LogP contribution in [0.3, 0.4) is 0 Å². The molecule has 1 atom stereocenters. The minimum atomic E-state index is -0.109. The van der Waals surface area contributed by atoms with E-state index >= 15 is 0 Å². The van der Waals surface area contributed by atoms with Gasteiger partial charge in [0.05, 0.1) is 5.01 Å². The fourth-order valence-corrected chi connectivity index (χ4v) is 2.51. The second-order valence-corrected chi connectivity index (χ2v) is 5.63. The highest BCUT2D eigenvalue weighted by Crippen LogP contribution is 2.14. The lowest BCUT2D eigenvalue weighted by Gasteiger charge is -2.10. The molecule has 4 nitrogen and oxygen atoms in total. The van der Waals surface area contributed by atoms with Crippen molar-refractivity contribution in [2.24, 2.45) is 0 Å². The van der Waals surface area contributed by atoms with E-state index in [1.165, 1.54) is 16.9 Å². The van der Waals surface area contributed by atoms with Gasteiger partial charge in [0.2, 0.25) is 0 Å². The maximum absolute atomic E-state index is 11.9. The largest absolute Gasteiger partial charge is 0.349 e. The smallest absolute Gasteiger partial charge is 0.270 e. The van der Waals surface area contributed by atoms with Crippen LogP contribution in [-0.2, 0) is 6.42 Å². The summed E-state index contributed by atoms with van der Waals surface area (Å²) < 4.78 is 0. The van der Waals surface area contributed by atoms with Gasteiger partial charge in [0.15, 0.2) is 0 Å². The molecule has 0 aliphatic rings. The van der Waals surface area contributed by atoms with Crippen molar-refractivity contribution >= 4 is 17.2 Å². The monoisotopic (exact) mass is 289 g/mol. The van der Waals surface area contributed by atoms with Gasteiger partial charge in [-0.05, 0) is 19.5 Å². The Balaban J connectivity index is 1.93. The van der Waals surface area contributed by atoms with Crippen molar-refractivity contribution in [2.75, 3.05) is 13.6 Å². The molecule has 2 rings (SSSR count). The number of hydrogen-bond acceptors (Lipinski definition) is 4. The quantitative estimate of drug-likeness (QED) is 0.856. The molecule has 0 fully saturated rings. The summed E-state index contributed by atoms with van der Waals surface area (Å²) in [6.45, 7) is 2.61. The van der Waals surface area contributed by atoms with E-state index < -0.39 is 0 Å². The highest BCUT2D eigenvalue weighted by Gasteiger charge is 2.11. The number of amides is 1. The predicted octanol–water partition coefficient (Wildman–Crippen LogP) is 2.07. The predicted molar refractivity (Wildman–Crippen MR) is 82.2 cm³/mol. The van der Waals surface area contributed by atoms with Crippen molar-refractivity contribution in [1.82, 2.24) is 15.6 Å². The zero-order valence-electron chi connectivity index (χ0n) is 11.7. The molecule has 0 bridgehead atoms. The van der Waals surface area contributed by atoms with Gasteiger partial charge in [-0.2, -0.15) is 0 Å². The topological polar surface area (TPSA) is 54.0 Å². The maximum Gasteiger partial charge on any atom is 0.270 e. The number of rotatable bonds is 6.